The van der Waals surface area contributed by atoms with Crippen molar-refractivity contribution in [3.8, 4) is 17.6 Å². The topological polar surface area (TPSA) is 104 Å². The Morgan fingerprint density at radius 3 is 2.55 bits per heavy atom. The predicted molar refractivity (Wildman–Crippen MR) is 145 cm³/mol. The fourth-order valence-corrected chi connectivity index (χ4v) is 4.96. The van der Waals surface area contributed by atoms with Gasteiger partial charge in [0, 0.05) is 39.3 Å². The zero-order valence-corrected chi connectivity index (χ0v) is 21.9. The van der Waals surface area contributed by atoms with Gasteiger partial charge in [-0.15, -0.1) is 0 Å². The summed E-state index contributed by atoms with van der Waals surface area (Å²) in [5.74, 6) is 0.886. The summed E-state index contributed by atoms with van der Waals surface area (Å²) in [7, 11) is 0. The largest absolute Gasteiger partial charge is 0.454 e. The number of carbonyl (C=O) groups excluding carboxylic acids is 1. The van der Waals surface area contributed by atoms with Crippen LogP contribution in [0.3, 0.4) is 0 Å². The van der Waals surface area contributed by atoms with Gasteiger partial charge in [0.15, 0.2) is 23.2 Å². The average molecular weight is 515 g/mol. The molecule has 1 atom stereocenters. The second-order valence-corrected chi connectivity index (χ2v) is 9.79. The highest BCUT2D eigenvalue weighted by Crippen LogP contribution is 2.33. The Labute approximate surface area is 223 Å². The predicted octanol–water partition coefficient (Wildman–Crippen LogP) is 3.98. The highest BCUT2D eigenvalue weighted by Gasteiger charge is 2.30. The summed E-state index contributed by atoms with van der Waals surface area (Å²) >= 11 is 0. The van der Waals surface area contributed by atoms with E-state index in [1.807, 2.05) is 36.4 Å². The maximum Gasteiger partial charge on any atom is 0.243 e. The first-order valence-electron chi connectivity index (χ1n) is 13.5. The number of benzene rings is 2. The summed E-state index contributed by atoms with van der Waals surface area (Å²) in [5.41, 5.74) is 3.05. The van der Waals surface area contributed by atoms with Gasteiger partial charge in [0.05, 0.1) is 17.1 Å². The molecule has 3 aromatic rings. The normalized spacial score (nSPS) is 15.8. The lowest BCUT2D eigenvalue weighted by molar-refractivity contribution is -0.121. The maximum absolute atomic E-state index is 13.1. The lowest BCUT2D eigenvalue weighted by Crippen LogP contribution is -2.47. The number of nitrogens with zero attached hydrogens (tertiary/aromatic N) is 5. The Kier molecular flexibility index (Phi) is 8.19. The van der Waals surface area contributed by atoms with Gasteiger partial charge in [0.1, 0.15) is 5.69 Å². The molecule has 0 bridgehead atoms. The van der Waals surface area contributed by atoms with Crippen LogP contribution in [0.5, 0.6) is 11.5 Å². The number of rotatable bonds is 10. The molecule has 0 radical (unpaired) electrons. The van der Waals surface area contributed by atoms with E-state index in [1.165, 1.54) is 5.56 Å². The third-order valence-electron chi connectivity index (χ3n) is 7.09. The van der Waals surface area contributed by atoms with Crippen LogP contribution in [0.4, 0.5) is 5.82 Å². The summed E-state index contributed by atoms with van der Waals surface area (Å²) in [6.07, 6.45) is 4.23. The first-order chi connectivity index (χ1) is 18.7. The monoisotopic (exact) mass is 514 g/mol. The van der Waals surface area contributed by atoms with Gasteiger partial charge in [-0.3, -0.25) is 9.69 Å². The summed E-state index contributed by atoms with van der Waals surface area (Å²) in [6.45, 7) is 6.89. The molecule has 38 heavy (non-hydrogen) atoms. The number of piperazine rings is 1. The molecular formula is C29H34N6O3. The van der Waals surface area contributed by atoms with E-state index in [9.17, 15) is 10.1 Å². The minimum Gasteiger partial charge on any atom is -0.454 e. The molecule has 1 aromatic heterocycles. The van der Waals surface area contributed by atoms with E-state index in [0.29, 0.717) is 23.6 Å². The molecule has 0 saturated carbocycles. The zero-order chi connectivity index (χ0) is 26.3. The molecule has 1 fully saturated rings. The third-order valence-corrected chi connectivity index (χ3v) is 7.09. The van der Waals surface area contributed by atoms with Crippen LogP contribution in [0.25, 0.3) is 11.0 Å². The molecule has 1 saturated heterocycles. The Bertz CT molecular complexity index is 1320. The number of unbranched alkanes of at least 4 members (excludes halogenated alkanes) is 3. The highest BCUT2D eigenvalue weighted by molar-refractivity contribution is 5.88. The number of anilines is 1. The summed E-state index contributed by atoms with van der Waals surface area (Å²) in [6, 6.07) is 15.9. The van der Waals surface area contributed by atoms with E-state index in [-0.39, 0.29) is 12.7 Å². The number of para-hydroxylation sites is 2. The van der Waals surface area contributed by atoms with Crippen molar-refractivity contribution in [3.05, 3.63) is 53.7 Å². The van der Waals surface area contributed by atoms with Crippen LogP contribution < -0.4 is 19.7 Å². The van der Waals surface area contributed by atoms with Crippen LogP contribution in [0, 0.1) is 11.3 Å². The van der Waals surface area contributed by atoms with Crippen molar-refractivity contribution in [2.45, 2.75) is 45.1 Å². The van der Waals surface area contributed by atoms with Gasteiger partial charge in [0.2, 0.25) is 12.7 Å². The van der Waals surface area contributed by atoms with Crippen LogP contribution in [0.1, 0.15) is 49.8 Å². The van der Waals surface area contributed by atoms with Crippen LogP contribution in [0.15, 0.2) is 42.5 Å². The van der Waals surface area contributed by atoms with Crippen molar-refractivity contribution in [1.82, 2.24) is 20.2 Å². The SMILES string of the molecule is CCCCCCNC(=O)C(C#N)c1nc2ccccc2nc1N1CCN(Cc2ccc3c(c2)OCO3)CC1. The Balaban J connectivity index is 1.31. The lowest BCUT2D eigenvalue weighted by Gasteiger charge is -2.36. The summed E-state index contributed by atoms with van der Waals surface area (Å²) in [5, 5.41) is 13.0. The average Bonchev–Trinajstić information content (AvgIpc) is 3.41. The smallest absolute Gasteiger partial charge is 0.243 e. The number of aromatic nitrogens is 2. The number of hydrogen-bond acceptors (Lipinski definition) is 8. The van der Waals surface area contributed by atoms with Crippen LogP contribution >= 0.6 is 0 Å². The molecule has 1 N–H and O–H groups in total. The maximum atomic E-state index is 13.1. The number of nitriles is 1. The number of nitrogens with one attached hydrogen (secondary N) is 1. The third kappa shape index (κ3) is 5.81. The van der Waals surface area contributed by atoms with E-state index in [2.05, 4.69) is 34.2 Å². The van der Waals surface area contributed by atoms with Gasteiger partial charge in [0.25, 0.3) is 0 Å². The molecular weight excluding hydrogens is 480 g/mol. The number of fused-ring (bicyclic) bond motifs is 2. The molecule has 1 amide bonds. The molecule has 2 aliphatic heterocycles. The fourth-order valence-electron chi connectivity index (χ4n) is 4.96. The van der Waals surface area contributed by atoms with Gasteiger partial charge in [-0.2, -0.15) is 5.26 Å². The molecule has 9 heteroatoms. The van der Waals surface area contributed by atoms with Gasteiger partial charge in [-0.25, -0.2) is 9.97 Å². The number of hydrogen-bond donors (Lipinski definition) is 1. The molecule has 5 rings (SSSR count). The molecule has 0 aliphatic carbocycles. The quantitative estimate of drug-likeness (QED) is 0.405. The van der Waals surface area contributed by atoms with Gasteiger partial charge >= 0.3 is 0 Å². The summed E-state index contributed by atoms with van der Waals surface area (Å²) < 4.78 is 10.9. The molecule has 9 nitrogen and oxygen atoms in total. The molecule has 1 unspecified atom stereocenters. The molecule has 198 valence electrons. The van der Waals surface area contributed by atoms with Crippen LogP contribution in [-0.4, -0.2) is 60.3 Å². The minimum absolute atomic E-state index is 0.271. The van der Waals surface area contributed by atoms with Crippen molar-refractivity contribution in [3.63, 3.8) is 0 Å². The van der Waals surface area contributed by atoms with Crippen molar-refractivity contribution in [2.24, 2.45) is 0 Å². The zero-order valence-electron chi connectivity index (χ0n) is 21.9. The molecule has 2 aliphatic rings. The van der Waals surface area contributed by atoms with Crippen molar-refractivity contribution in [1.29, 1.82) is 5.26 Å². The van der Waals surface area contributed by atoms with Crippen LogP contribution in [0.2, 0.25) is 0 Å². The van der Waals surface area contributed by atoms with Crippen molar-refractivity contribution in [2.75, 3.05) is 44.4 Å². The Morgan fingerprint density at radius 1 is 1.03 bits per heavy atom. The van der Waals surface area contributed by atoms with E-state index < -0.39 is 5.92 Å². The first kappa shape index (κ1) is 25.7. The summed E-state index contributed by atoms with van der Waals surface area (Å²) in [4.78, 5) is 27.3. The number of amides is 1. The highest BCUT2D eigenvalue weighted by atomic mass is 16.7. The second kappa shape index (κ2) is 12.1. The fraction of sp³-hybridized carbons (Fsp3) is 0.448. The molecule has 0 spiro atoms. The lowest BCUT2D eigenvalue weighted by atomic mass is 10.0. The standard InChI is InChI=1S/C29H34N6O3/c1-2-3-4-7-12-31-29(36)22(18-30)27-28(33-24-9-6-5-8-23(24)32-27)35-15-13-34(14-16-35)19-21-10-11-25-26(17-21)38-20-37-25/h5-6,8-11,17,22H,2-4,7,12-16,19-20H2,1H3,(H,31,36). The number of ether oxygens (including phenoxy) is 2. The molecule has 2 aromatic carbocycles. The van der Waals surface area contributed by atoms with E-state index in [0.717, 1.165) is 75.4 Å². The second-order valence-electron chi connectivity index (χ2n) is 9.79. The Morgan fingerprint density at radius 2 is 1.79 bits per heavy atom. The first-order valence-corrected chi connectivity index (χ1v) is 13.5. The van der Waals surface area contributed by atoms with Gasteiger partial charge in [-0.05, 0) is 36.2 Å². The van der Waals surface area contributed by atoms with Gasteiger partial charge < -0.3 is 19.7 Å². The van der Waals surface area contributed by atoms with Crippen LogP contribution in [-0.2, 0) is 11.3 Å². The Hall–Kier alpha value is -3.90. The van der Waals surface area contributed by atoms with E-state index in [4.69, 9.17) is 19.4 Å². The van der Waals surface area contributed by atoms with Crippen molar-refractivity contribution >= 4 is 22.8 Å². The van der Waals surface area contributed by atoms with E-state index in [1.54, 1.807) is 0 Å². The van der Waals surface area contributed by atoms with E-state index >= 15 is 0 Å². The van der Waals surface area contributed by atoms with Crippen molar-refractivity contribution < 1.29 is 14.3 Å². The molecule has 3 heterocycles. The van der Waals surface area contributed by atoms with Gasteiger partial charge in [-0.1, -0.05) is 44.4 Å². The number of carbonyl (C=O) groups is 1. The minimum atomic E-state index is -1.01.